The second-order valence-corrected chi connectivity index (χ2v) is 8.15. The molecule has 3 rings (SSSR count). The molecular formula is C21H23ClN4OS. The van der Waals surface area contributed by atoms with Gasteiger partial charge in [-0.05, 0) is 38.0 Å². The molecule has 0 aliphatic carbocycles. The number of nitrogens with zero attached hydrogens (tertiary/aromatic N) is 3. The Kier molecular flexibility index (Phi) is 6.75. The number of hydrogen-bond donors (Lipinski definition) is 1. The molecule has 1 amide bonds. The Morgan fingerprint density at radius 1 is 1.18 bits per heavy atom. The topological polar surface area (TPSA) is 59.8 Å². The zero-order valence-corrected chi connectivity index (χ0v) is 17.7. The van der Waals surface area contributed by atoms with Crippen LogP contribution in [0.25, 0.3) is 11.4 Å². The number of rotatable bonds is 7. The number of halogens is 1. The van der Waals surface area contributed by atoms with E-state index in [9.17, 15) is 4.79 Å². The highest BCUT2D eigenvalue weighted by Gasteiger charge is 2.20. The summed E-state index contributed by atoms with van der Waals surface area (Å²) >= 11 is 7.56. The van der Waals surface area contributed by atoms with E-state index < -0.39 is 0 Å². The summed E-state index contributed by atoms with van der Waals surface area (Å²) < 4.78 is 2.05. The largest absolute Gasteiger partial charge is 0.351 e. The summed E-state index contributed by atoms with van der Waals surface area (Å²) in [6, 6.07) is 15.6. The Hall–Kier alpha value is -2.31. The van der Waals surface area contributed by atoms with Gasteiger partial charge in [0.1, 0.15) is 0 Å². The van der Waals surface area contributed by atoms with Crippen LogP contribution >= 0.6 is 23.4 Å². The van der Waals surface area contributed by atoms with Gasteiger partial charge in [0.15, 0.2) is 11.0 Å². The number of hydrogen-bond acceptors (Lipinski definition) is 4. The highest BCUT2D eigenvalue weighted by atomic mass is 35.5. The van der Waals surface area contributed by atoms with Crippen molar-refractivity contribution in [3.05, 3.63) is 64.7 Å². The van der Waals surface area contributed by atoms with Gasteiger partial charge in [0.2, 0.25) is 5.91 Å². The Balaban J connectivity index is 1.70. The number of amides is 1. The standard InChI is InChI=1S/C21H23ClN4OS/c1-4-26-19(17-11-7-5-9-14(17)2)24-25-21(26)28-15(3)20(27)23-13-16-10-6-8-12-18(16)22/h5-12,15H,4,13H2,1-3H3,(H,23,27)/t15-/m0/s1. The van der Waals surface area contributed by atoms with Gasteiger partial charge in [-0.15, -0.1) is 10.2 Å². The number of carbonyl (C=O) groups is 1. The predicted molar refractivity (Wildman–Crippen MR) is 114 cm³/mol. The Morgan fingerprint density at radius 2 is 1.89 bits per heavy atom. The second kappa shape index (κ2) is 9.26. The number of carbonyl (C=O) groups excluding carboxylic acids is 1. The monoisotopic (exact) mass is 414 g/mol. The number of aryl methyl sites for hydroxylation is 1. The van der Waals surface area contributed by atoms with Crippen molar-refractivity contribution in [3.8, 4) is 11.4 Å². The third-order valence-corrected chi connectivity index (χ3v) is 5.93. The fourth-order valence-electron chi connectivity index (χ4n) is 2.86. The summed E-state index contributed by atoms with van der Waals surface area (Å²) in [7, 11) is 0. The number of thioether (sulfide) groups is 1. The summed E-state index contributed by atoms with van der Waals surface area (Å²) in [6.07, 6.45) is 0. The molecule has 0 radical (unpaired) electrons. The van der Waals surface area contributed by atoms with Crippen molar-refractivity contribution >= 4 is 29.3 Å². The minimum atomic E-state index is -0.304. The summed E-state index contributed by atoms with van der Waals surface area (Å²) in [4.78, 5) is 12.5. The average Bonchev–Trinajstić information content (AvgIpc) is 3.09. The van der Waals surface area contributed by atoms with Crippen LogP contribution in [0.15, 0.2) is 53.7 Å². The molecule has 7 heteroatoms. The van der Waals surface area contributed by atoms with Gasteiger partial charge in [-0.2, -0.15) is 0 Å². The van der Waals surface area contributed by atoms with Gasteiger partial charge < -0.3 is 9.88 Å². The molecular weight excluding hydrogens is 392 g/mol. The Labute approximate surface area is 174 Å². The third kappa shape index (κ3) is 4.56. The summed E-state index contributed by atoms with van der Waals surface area (Å²) in [6.45, 7) is 7.11. The molecule has 1 aromatic heterocycles. The number of aromatic nitrogens is 3. The lowest BCUT2D eigenvalue weighted by Crippen LogP contribution is -2.30. The van der Waals surface area contributed by atoms with E-state index in [2.05, 4.69) is 35.4 Å². The van der Waals surface area contributed by atoms with Gasteiger partial charge in [0.25, 0.3) is 0 Å². The van der Waals surface area contributed by atoms with Crippen LogP contribution in [-0.2, 0) is 17.9 Å². The van der Waals surface area contributed by atoms with Gasteiger partial charge >= 0.3 is 0 Å². The molecule has 0 saturated heterocycles. The molecule has 0 bridgehead atoms. The number of benzene rings is 2. The lowest BCUT2D eigenvalue weighted by Gasteiger charge is -2.13. The molecule has 1 heterocycles. The summed E-state index contributed by atoms with van der Waals surface area (Å²) in [5.41, 5.74) is 3.10. The first kappa shape index (κ1) is 20.4. The first-order valence-electron chi connectivity index (χ1n) is 9.18. The fraction of sp³-hybridized carbons (Fsp3) is 0.286. The van der Waals surface area contributed by atoms with E-state index >= 15 is 0 Å². The molecule has 0 spiro atoms. The van der Waals surface area contributed by atoms with Crippen LogP contribution in [0.2, 0.25) is 5.02 Å². The molecule has 0 fully saturated rings. The first-order valence-corrected chi connectivity index (χ1v) is 10.4. The lowest BCUT2D eigenvalue weighted by molar-refractivity contribution is -0.120. The molecule has 3 aromatic rings. The highest BCUT2D eigenvalue weighted by molar-refractivity contribution is 8.00. The van der Waals surface area contributed by atoms with E-state index in [0.29, 0.717) is 11.6 Å². The molecule has 28 heavy (non-hydrogen) atoms. The second-order valence-electron chi connectivity index (χ2n) is 6.43. The zero-order valence-electron chi connectivity index (χ0n) is 16.1. The van der Waals surface area contributed by atoms with Crippen LogP contribution in [0.3, 0.4) is 0 Å². The first-order chi connectivity index (χ1) is 13.5. The lowest BCUT2D eigenvalue weighted by atomic mass is 10.1. The van der Waals surface area contributed by atoms with Crippen molar-refractivity contribution in [2.45, 2.75) is 44.3 Å². The van der Waals surface area contributed by atoms with Crippen molar-refractivity contribution < 1.29 is 4.79 Å². The van der Waals surface area contributed by atoms with Crippen LogP contribution in [0.4, 0.5) is 0 Å². The summed E-state index contributed by atoms with van der Waals surface area (Å²) in [5, 5.41) is 12.7. The zero-order chi connectivity index (χ0) is 20.1. The van der Waals surface area contributed by atoms with E-state index in [-0.39, 0.29) is 11.2 Å². The van der Waals surface area contributed by atoms with Crippen molar-refractivity contribution in [2.24, 2.45) is 0 Å². The minimum Gasteiger partial charge on any atom is -0.351 e. The molecule has 0 unspecified atom stereocenters. The minimum absolute atomic E-state index is 0.0620. The van der Waals surface area contributed by atoms with Crippen LogP contribution in [-0.4, -0.2) is 25.9 Å². The molecule has 1 N–H and O–H groups in total. The van der Waals surface area contributed by atoms with Gasteiger partial charge in [-0.3, -0.25) is 4.79 Å². The van der Waals surface area contributed by atoms with Crippen molar-refractivity contribution in [3.63, 3.8) is 0 Å². The molecule has 1 atom stereocenters. The van der Waals surface area contributed by atoms with Gasteiger partial charge in [-0.1, -0.05) is 65.8 Å². The molecule has 2 aromatic carbocycles. The smallest absolute Gasteiger partial charge is 0.233 e. The maximum absolute atomic E-state index is 12.5. The quantitative estimate of drug-likeness (QED) is 0.568. The Bertz CT molecular complexity index is 973. The molecule has 146 valence electrons. The van der Waals surface area contributed by atoms with Gasteiger partial charge in [-0.25, -0.2) is 0 Å². The fourth-order valence-corrected chi connectivity index (χ4v) is 4.00. The van der Waals surface area contributed by atoms with E-state index in [1.54, 1.807) is 0 Å². The average molecular weight is 415 g/mol. The maximum Gasteiger partial charge on any atom is 0.233 e. The van der Waals surface area contributed by atoms with Gasteiger partial charge in [0.05, 0.1) is 5.25 Å². The Morgan fingerprint density at radius 3 is 2.61 bits per heavy atom. The maximum atomic E-state index is 12.5. The van der Waals surface area contributed by atoms with Crippen LogP contribution in [0, 0.1) is 6.92 Å². The third-order valence-electron chi connectivity index (χ3n) is 4.48. The molecule has 0 saturated carbocycles. The summed E-state index contributed by atoms with van der Waals surface area (Å²) in [5.74, 6) is 0.764. The van der Waals surface area contributed by atoms with Crippen LogP contribution in [0.5, 0.6) is 0 Å². The van der Waals surface area contributed by atoms with Crippen molar-refractivity contribution in [1.82, 2.24) is 20.1 Å². The predicted octanol–water partition coefficient (Wildman–Crippen LogP) is 4.72. The van der Waals surface area contributed by atoms with E-state index in [4.69, 9.17) is 11.6 Å². The molecule has 5 nitrogen and oxygen atoms in total. The van der Waals surface area contributed by atoms with Crippen LogP contribution in [0.1, 0.15) is 25.0 Å². The number of nitrogens with one attached hydrogen (secondary N) is 1. The molecule has 0 aliphatic rings. The normalized spacial score (nSPS) is 12.0. The van der Waals surface area contributed by atoms with Crippen molar-refractivity contribution in [2.75, 3.05) is 0 Å². The van der Waals surface area contributed by atoms with Crippen molar-refractivity contribution in [1.29, 1.82) is 0 Å². The van der Waals surface area contributed by atoms with E-state index in [1.807, 2.05) is 54.0 Å². The van der Waals surface area contributed by atoms with Gasteiger partial charge in [0, 0.05) is 23.7 Å². The molecule has 0 aliphatic heterocycles. The van der Waals surface area contributed by atoms with E-state index in [1.165, 1.54) is 11.8 Å². The van der Waals surface area contributed by atoms with E-state index in [0.717, 1.165) is 34.2 Å². The highest BCUT2D eigenvalue weighted by Crippen LogP contribution is 2.28. The van der Waals surface area contributed by atoms with Crippen LogP contribution < -0.4 is 5.32 Å². The SMILES string of the molecule is CCn1c(S[C@@H](C)C(=O)NCc2ccccc2Cl)nnc1-c1ccccc1C.